The largest absolute Gasteiger partial charge is 0.294 e. The second kappa shape index (κ2) is 5.36. The van der Waals surface area contributed by atoms with E-state index in [1.165, 1.54) is 12.1 Å². The maximum atomic E-state index is 13.3. The van der Waals surface area contributed by atoms with Crippen LogP contribution in [0, 0.1) is 17.1 Å². The Morgan fingerprint density at radius 3 is 2.76 bits per heavy atom. The van der Waals surface area contributed by atoms with Gasteiger partial charge >= 0.3 is 0 Å². The summed E-state index contributed by atoms with van der Waals surface area (Å²) >= 11 is 12.2. The van der Waals surface area contributed by atoms with Crippen LogP contribution in [0.15, 0.2) is 36.4 Å². The van der Waals surface area contributed by atoms with Gasteiger partial charge in [-0.25, -0.2) is 9.37 Å². The Hall–Kier alpha value is -2.09. The van der Waals surface area contributed by atoms with Crippen LogP contribution >= 0.6 is 23.2 Å². The van der Waals surface area contributed by atoms with Gasteiger partial charge < -0.3 is 0 Å². The third-order valence-corrected chi connectivity index (χ3v) is 3.68. The second-order valence-electron chi connectivity index (χ2n) is 4.41. The van der Waals surface area contributed by atoms with Crippen LogP contribution in [0.5, 0.6) is 0 Å². The molecule has 0 bridgehead atoms. The van der Waals surface area contributed by atoms with Crippen molar-refractivity contribution in [2.45, 2.75) is 5.88 Å². The molecule has 2 aromatic carbocycles. The maximum Gasteiger partial charge on any atom is 0.129 e. The number of nitrogens with zero attached hydrogens (tertiary/aromatic N) is 3. The van der Waals surface area contributed by atoms with Gasteiger partial charge in [0, 0.05) is 6.07 Å². The average molecular weight is 320 g/mol. The minimum atomic E-state index is -0.370. The van der Waals surface area contributed by atoms with Crippen LogP contribution in [-0.4, -0.2) is 9.55 Å². The summed E-state index contributed by atoms with van der Waals surface area (Å²) in [5, 5.41) is 9.50. The van der Waals surface area contributed by atoms with E-state index < -0.39 is 0 Å². The lowest BCUT2D eigenvalue weighted by Crippen LogP contribution is -2.00. The first-order valence-electron chi connectivity index (χ1n) is 6.07. The van der Waals surface area contributed by atoms with Crippen LogP contribution in [0.2, 0.25) is 5.02 Å². The molecular weight excluding hydrogens is 312 g/mol. The third-order valence-electron chi connectivity index (χ3n) is 3.12. The van der Waals surface area contributed by atoms with Crippen LogP contribution < -0.4 is 0 Å². The highest BCUT2D eigenvalue weighted by atomic mass is 35.5. The molecule has 3 aromatic rings. The molecule has 1 aromatic heterocycles. The zero-order valence-electron chi connectivity index (χ0n) is 10.6. The molecule has 0 aliphatic rings. The first-order chi connectivity index (χ1) is 10.1. The molecule has 21 heavy (non-hydrogen) atoms. The monoisotopic (exact) mass is 319 g/mol. The van der Waals surface area contributed by atoms with E-state index in [0.717, 1.165) is 0 Å². The van der Waals surface area contributed by atoms with Gasteiger partial charge in [-0.1, -0.05) is 11.6 Å². The molecule has 0 aliphatic carbocycles. The van der Waals surface area contributed by atoms with Crippen LogP contribution in [0.3, 0.4) is 0 Å². The highest BCUT2D eigenvalue weighted by molar-refractivity contribution is 6.32. The fourth-order valence-corrected chi connectivity index (χ4v) is 2.60. The molecule has 0 N–H and O–H groups in total. The van der Waals surface area contributed by atoms with E-state index in [4.69, 9.17) is 28.5 Å². The molecule has 104 valence electrons. The molecule has 0 amide bonds. The summed E-state index contributed by atoms with van der Waals surface area (Å²) in [5.41, 5.74) is 2.24. The standard InChI is InChI=1S/C15H8Cl2FN3/c16-7-15-20-12-6-10(18)2-4-13(12)21(15)14-5-9(8-19)1-3-11(14)17/h1-6H,7H2. The summed E-state index contributed by atoms with van der Waals surface area (Å²) in [7, 11) is 0. The van der Waals surface area contributed by atoms with Crippen LogP contribution in [-0.2, 0) is 5.88 Å². The molecular formula is C15H8Cl2FN3. The van der Waals surface area contributed by atoms with Crippen molar-refractivity contribution in [1.82, 2.24) is 9.55 Å². The Kier molecular flexibility index (Phi) is 3.54. The molecule has 0 unspecified atom stereocenters. The van der Waals surface area contributed by atoms with Gasteiger partial charge in [0.1, 0.15) is 11.6 Å². The Balaban J connectivity index is 2.36. The quantitative estimate of drug-likeness (QED) is 0.656. The van der Waals surface area contributed by atoms with Crippen molar-refractivity contribution in [3.63, 3.8) is 0 Å². The molecule has 3 rings (SSSR count). The van der Waals surface area contributed by atoms with E-state index in [1.807, 2.05) is 0 Å². The van der Waals surface area contributed by atoms with E-state index in [9.17, 15) is 4.39 Å². The van der Waals surface area contributed by atoms with Crippen molar-refractivity contribution in [2.75, 3.05) is 0 Å². The molecule has 0 spiro atoms. The lowest BCUT2D eigenvalue weighted by Gasteiger charge is -2.10. The highest BCUT2D eigenvalue weighted by Crippen LogP contribution is 2.28. The molecule has 0 fully saturated rings. The smallest absolute Gasteiger partial charge is 0.129 e. The number of benzene rings is 2. The molecule has 0 aliphatic heterocycles. The summed E-state index contributed by atoms with van der Waals surface area (Å²) < 4.78 is 15.1. The van der Waals surface area contributed by atoms with E-state index >= 15 is 0 Å². The zero-order chi connectivity index (χ0) is 15.0. The minimum Gasteiger partial charge on any atom is -0.294 e. The van der Waals surface area contributed by atoms with Gasteiger partial charge in [0.15, 0.2) is 0 Å². The second-order valence-corrected chi connectivity index (χ2v) is 5.08. The number of aromatic nitrogens is 2. The van der Waals surface area contributed by atoms with Crippen molar-refractivity contribution < 1.29 is 4.39 Å². The van der Waals surface area contributed by atoms with Gasteiger partial charge in [0.05, 0.1) is 39.3 Å². The first kappa shape index (κ1) is 13.9. The molecule has 1 heterocycles. The predicted octanol–water partition coefficient (Wildman–Crippen LogP) is 4.43. The van der Waals surface area contributed by atoms with Gasteiger partial charge in [-0.3, -0.25) is 4.57 Å². The fraction of sp³-hybridized carbons (Fsp3) is 0.0667. The number of fused-ring (bicyclic) bond motifs is 1. The van der Waals surface area contributed by atoms with Gasteiger partial charge in [0.2, 0.25) is 0 Å². The molecule has 0 radical (unpaired) electrons. The topological polar surface area (TPSA) is 41.6 Å². The van der Waals surface area contributed by atoms with Crippen LogP contribution in [0.25, 0.3) is 16.7 Å². The summed E-state index contributed by atoms with van der Waals surface area (Å²) in [6.45, 7) is 0. The number of imidazole rings is 1. The number of alkyl halides is 1. The van der Waals surface area contributed by atoms with Crippen LogP contribution in [0.4, 0.5) is 4.39 Å². The first-order valence-corrected chi connectivity index (χ1v) is 6.98. The van der Waals surface area contributed by atoms with Crippen molar-refractivity contribution in [1.29, 1.82) is 5.26 Å². The molecule has 0 saturated carbocycles. The maximum absolute atomic E-state index is 13.3. The minimum absolute atomic E-state index is 0.142. The van der Waals surface area contributed by atoms with Crippen molar-refractivity contribution in [3.05, 3.63) is 58.6 Å². The Bertz CT molecular complexity index is 880. The van der Waals surface area contributed by atoms with Crippen LogP contribution in [0.1, 0.15) is 11.4 Å². The predicted molar refractivity (Wildman–Crippen MR) is 80.3 cm³/mol. The summed E-state index contributed by atoms with van der Waals surface area (Å²) in [5.74, 6) is 0.308. The number of rotatable bonds is 2. The van der Waals surface area contributed by atoms with E-state index in [-0.39, 0.29) is 11.7 Å². The molecule has 6 heteroatoms. The fourth-order valence-electron chi connectivity index (χ4n) is 2.22. The van der Waals surface area contributed by atoms with Gasteiger partial charge in [-0.15, -0.1) is 11.6 Å². The van der Waals surface area contributed by atoms with E-state index in [0.29, 0.717) is 33.1 Å². The van der Waals surface area contributed by atoms with Crippen molar-refractivity contribution >= 4 is 34.2 Å². The third kappa shape index (κ3) is 2.35. The number of hydrogen-bond acceptors (Lipinski definition) is 2. The lowest BCUT2D eigenvalue weighted by atomic mass is 10.2. The number of hydrogen-bond donors (Lipinski definition) is 0. The number of halogens is 3. The molecule has 3 nitrogen and oxygen atoms in total. The summed E-state index contributed by atoms with van der Waals surface area (Å²) in [6.07, 6.45) is 0. The van der Waals surface area contributed by atoms with Gasteiger partial charge in [-0.05, 0) is 30.3 Å². The SMILES string of the molecule is N#Cc1ccc(Cl)c(-n2c(CCl)nc3cc(F)ccc32)c1. The number of nitriles is 1. The van der Waals surface area contributed by atoms with E-state index in [1.54, 1.807) is 28.8 Å². The summed E-state index contributed by atoms with van der Waals surface area (Å²) in [4.78, 5) is 4.31. The Morgan fingerprint density at radius 2 is 2.05 bits per heavy atom. The van der Waals surface area contributed by atoms with Crippen molar-refractivity contribution in [2.24, 2.45) is 0 Å². The normalized spacial score (nSPS) is 10.8. The molecule has 0 saturated heterocycles. The average Bonchev–Trinajstić information content (AvgIpc) is 2.85. The van der Waals surface area contributed by atoms with Crippen molar-refractivity contribution in [3.8, 4) is 11.8 Å². The highest BCUT2D eigenvalue weighted by Gasteiger charge is 2.15. The summed E-state index contributed by atoms with van der Waals surface area (Å²) in [6, 6.07) is 11.3. The van der Waals surface area contributed by atoms with Gasteiger partial charge in [0.25, 0.3) is 0 Å². The zero-order valence-corrected chi connectivity index (χ0v) is 12.2. The van der Waals surface area contributed by atoms with Gasteiger partial charge in [-0.2, -0.15) is 5.26 Å². The Morgan fingerprint density at radius 1 is 1.24 bits per heavy atom. The van der Waals surface area contributed by atoms with E-state index in [2.05, 4.69) is 11.1 Å². The molecule has 0 atom stereocenters. The Labute approximate surface area is 130 Å². The lowest BCUT2D eigenvalue weighted by molar-refractivity contribution is 0.629.